The number of carbonyl (C=O) groups is 2. The van der Waals surface area contributed by atoms with Crippen molar-refractivity contribution in [3.8, 4) is 11.3 Å². The van der Waals surface area contributed by atoms with E-state index in [4.69, 9.17) is 4.98 Å². The maximum atomic E-state index is 14.7. The summed E-state index contributed by atoms with van der Waals surface area (Å²) in [6.07, 6.45) is 6.43. The Balaban J connectivity index is 1.13. The Bertz CT molecular complexity index is 2060. The zero-order valence-corrected chi connectivity index (χ0v) is 26.1. The third kappa shape index (κ3) is 5.70. The van der Waals surface area contributed by atoms with E-state index >= 15 is 0 Å². The number of nitrogens with one attached hydrogen (secondary N) is 5. The second-order valence-electron chi connectivity index (χ2n) is 13.0. The standard InChI is InChI=1S/C39H38N6O2/c46-37(27-16-18-40-19-17-27)45-39(22-32(39)29-15-14-25-8-4-5-11-28(25)20-29)38(47)44-34(21-30-23-41-33-13-7-6-12-31(30)33)36-42-24-35(43-36)26-9-2-1-3-10-26/h1-15,20,23-24,27,32,34,40-41H,16-19,21-22H2,(H,42,43)(H,44,47)(H,45,46)/t32?,34-,39?/m1/s1. The van der Waals surface area contributed by atoms with Crippen molar-refractivity contribution in [2.75, 3.05) is 13.1 Å². The maximum Gasteiger partial charge on any atom is 0.247 e. The molecule has 8 nitrogen and oxygen atoms in total. The molecule has 47 heavy (non-hydrogen) atoms. The zero-order chi connectivity index (χ0) is 31.8. The third-order valence-electron chi connectivity index (χ3n) is 10.0. The third-order valence-corrected chi connectivity index (χ3v) is 10.0. The van der Waals surface area contributed by atoms with Crippen LogP contribution < -0.4 is 16.0 Å². The molecule has 1 saturated carbocycles. The molecule has 2 aromatic heterocycles. The number of rotatable bonds is 9. The minimum atomic E-state index is -1.04. The van der Waals surface area contributed by atoms with Crippen LogP contribution in [0.3, 0.4) is 0 Å². The van der Waals surface area contributed by atoms with E-state index in [1.165, 1.54) is 0 Å². The van der Waals surface area contributed by atoms with Crippen molar-refractivity contribution in [2.45, 2.75) is 43.2 Å². The number of hydrogen-bond donors (Lipinski definition) is 5. The maximum absolute atomic E-state index is 14.7. The van der Waals surface area contributed by atoms with Crippen LogP contribution in [-0.2, 0) is 16.0 Å². The number of hydrogen-bond acceptors (Lipinski definition) is 4. The smallest absolute Gasteiger partial charge is 0.247 e. The molecule has 1 aliphatic heterocycles. The number of piperidine rings is 1. The molecule has 5 N–H and O–H groups in total. The number of para-hydroxylation sites is 1. The summed E-state index contributed by atoms with van der Waals surface area (Å²) in [6.45, 7) is 1.61. The summed E-state index contributed by atoms with van der Waals surface area (Å²) in [6, 6.07) is 32.4. The van der Waals surface area contributed by atoms with E-state index in [0.717, 1.165) is 70.0 Å². The average molecular weight is 623 g/mol. The van der Waals surface area contributed by atoms with Gasteiger partial charge in [0, 0.05) is 35.4 Å². The molecule has 1 saturated heterocycles. The first-order valence-corrected chi connectivity index (χ1v) is 16.6. The lowest BCUT2D eigenvalue weighted by Gasteiger charge is -2.27. The molecule has 2 unspecified atom stereocenters. The summed E-state index contributed by atoms with van der Waals surface area (Å²) in [7, 11) is 0. The summed E-state index contributed by atoms with van der Waals surface area (Å²) in [4.78, 5) is 40.0. The molecule has 0 radical (unpaired) electrons. The highest BCUT2D eigenvalue weighted by Gasteiger charge is 2.62. The van der Waals surface area contributed by atoms with E-state index in [0.29, 0.717) is 18.7 Å². The topological polar surface area (TPSA) is 115 Å². The van der Waals surface area contributed by atoms with Gasteiger partial charge in [-0.15, -0.1) is 0 Å². The molecule has 236 valence electrons. The van der Waals surface area contributed by atoms with Crippen molar-refractivity contribution in [1.29, 1.82) is 0 Å². The van der Waals surface area contributed by atoms with Crippen LogP contribution in [0.15, 0.2) is 109 Å². The molecule has 8 heteroatoms. The van der Waals surface area contributed by atoms with Crippen LogP contribution in [0.1, 0.15) is 48.2 Å². The van der Waals surface area contributed by atoms with Crippen molar-refractivity contribution in [2.24, 2.45) is 5.92 Å². The second-order valence-corrected chi connectivity index (χ2v) is 13.0. The van der Waals surface area contributed by atoms with Gasteiger partial charge < -0.3 is 25.9 Å². The number of carbonyl (C=O) groups excluding carboxylic acids is 2. The fourth-order valence-electron chi connectivity index (χ4n) is 7.24. The van der Waals surface area contributed by atoms with Crippen LogP contribution in [0.5, 0.6) is 0 Å². The molecule has 2 fully saturated rings. The Morgan fingerprint density at radius 1 is 0.894 bits per heavy atom. The van der Waals surface area contributed by atoms with Crippen molar-refractivity contribution >= 4 is 33.5 Å². The van der Waals surface area contributed by atoms with Gasteiger partial charge in [0.15, 0.2) is 0 Å². The van der Waals surface area contributed by atoms with Gasteiger partial charge >= 0.3 is 0 Å². The molecule has 1 aliphatic carbocycles. The summed E-state index contributed by atoms with van der Waals surface area (Å²) >= 11 is 0. The number of amides is 2. The summed E-state index contributed by atoms with van der Waals surface area (Å²) in [5.41, 5.74) is 4.04. The highest BCUT2D eigenvalue weighted by molar-refractivity contribution is 5.97. The fourth-order valence-corrected chi connectivity index (χ4v) is 7.24. The molecule has 4 aromatic carbocycles. The summed E-state index contributed by atoms with van der Waals surface area (Å²) in [5.74, 6) is 0.204. The van der Waals surface area contributed by atoms with Crippen molar-refractivity contribution in [3.05, 3.63) is 126 Å². The highest BCUT2D eigenvalue weighted by atomic mass is 16.2. The van der Waals surface area contributed by atoms with Gasteiger partial charge in [-0.3, -0.25) is 9.59 Å². The number of fused-ring (bicyclic) bond motifs is 2. The Morgan fingerprint density at radius 3 is 2.51 bits per heavy atom. The van der Waals surface area contributed by atoms with Crippen LogP contribution in [0.2, 0.25) is 0 Å². The van der Waals surface area contributed by atoms with Gasteiger partial charge in [-0.05, 0) is 65.9 Å². The number of nitrogens with zero attached hydrogens (tertiary/aromatic N) is 1. The van der Waals surface area contributed by atoms with E-state index in [1.807, 2.05) is 67.0 Å². The normalized spacial score (nSPS) is 20.2. The number of imidazole rings is 1. The first-order chi connectivity index (χ1) is 23.1. The van der Waals surface area contributed by atoms with Crippen LogP contribution in [0, 0.1) is 5.92 Å². The molecule has 8 rings (SSSR count). The van der Waals surface area contributed by atoms with Crippen LogP contribution in [0.4, 0.5) is 0 Å². The largest absolute Gasteiger partial charge is 0.361 e. The summed E-state index contributed by atoms with van der Waals surface area (Å²) < 4.78 is 0. The number of H-pyrrole nitrogens is 2. The highest BCUT2D eigenvalue weighted by Crippen LogP contribution is 2.52. The van der Waals surface area contributed by atoms with Gasteiger partial charge in [0.2, 0.25) is 11.8 Å². The molecule has 3 atom stereocenters. The van der Waals surface area contributed by atoms with Gasteiger partial charge in [-0.25, -0.2) is 4.98 Å². The van der Waals surface area contributed by atoms with E-state index in [-0.39, 0.29) is 23.7 Å². The molecule has 2 amide bonds. The Labute approximate surface area is 273 Å². The molecular formula is C39H38N6O2. The Hall–Kier alpha value is -5.21. The molecule has 0 bridgehead atoms. The lowest BCUT2D eigenvalue weighted by Crippen LogP contribution is -2.53. The van der Waals surface area contributed by atoms with E-state index in [2.05, 4.69) is 68.4 Å². The molecular weight excluding hydrogens is 584 g/mol. The first-order valence-electron chi connectivity index (χ1n) is 16.6. The molecule has 2 aliphatic rings. The van der Waals surface area contributed by atoms with Gasteiger partial charge in [0.05, 0.1) is 17.9 Å². The van der Waals surface area contributed by atoms with Crippen LogP contribution in [-0.4, -0.2) is 45.4 Å². The van der Waals surface area contributed by atoms with Crippen LogP contribution >= 0.6 is 0 Å². The minimum Gasteiger partial charge on any atom is -0.361 e. The quantitative estimate of drug-likeness (QED) is 0.133. The van der Waals surface area contributed by atoms with Gasteiger partial charge in [-0.1, -0.05) is 91.0 Å². The van der Waals surface area contributed by atoms with Gasteiger partial charge in [0.1, 0.15) is 11.4 Å². The number of aromatic amines is 2. The number of aromatic nitrogens is 3. The fraction of sp³-hybridized carbons (Fsp3) is 0.256. The summed E-state index contributed by atoms with van der Waals surface area (Å²) in [5, 5.41) is 13.4. The Morgan fingerprint density at radius 2 is 1.66 bits per heavy atom. The minimum absolute atomic E-state index is 0.0394. The van der Waals surface area contributed by atoms with E-state index in [1.54, 1.807) is 0 Å². The van der Waals surface area contributed by atoms with Crippen LogP contribution in [0.25, 0.3) is 32.9 Å². The van der Waals surface area contributed by atoms with E-state index < -0.39 is 11.6 Å². The van der Waals surface area contributed by atoms with E-state index in [9.17, 15) is 9.59 Å². The predicted octanol–water partition coefficient (Wildman–Crippen LogP) is 6.15. The van der Waals surface area contributed by atoms with Crippen molar-refractivity contribution in [1.82, 2.24) is 30.9 Å². The molecule has 6 aromatic rings. The van der Waals surface area contributed by atoms with Gasteiger partial charge in [0.25, 0.3) is 0 Å². The van der Waals surface area contributed by atoms with Crippen molar-refractivity contribution < 1.29 is 9.59 Å². The monoisotopic (exact) mass is 622 g/mol. The lowest BCUT2D eigenvalue weighted by molar-refractivity contribution is -0.133. The van der Waals surface area contributed by atoms with Crippen molar-refractivity contribution in [3.63, 3.8) is 0 Å². The zero-order valence-electron chi connectivity index (χ0n) is 26.1. The second kappa shape index (κ2) is 12.2. The first kappa shape index (κ1) is 29.2. The Kier molecular flexibility index (Phi) is 7.57. The SMILES string of the molecule is O=C(NC1(C(=O)N[C@H](Cc2c[nH]c3ccccc23)c2ncc(-c3ccccc3)[nH]2)CC1c1ccc2ccccc2c1)C1CCNCC1. The molecule has 3 heterocycles. The average Bonchev–Trinajstić information content (AvgIpc) is 3.42. The lowest BCUT2D eigenvalue weighted by atomic mass is 9.95. The molecule has 0 spiro atoms. The van der Waals surface area contributed by atoms with Gasteiger partial charge in [-0.2, -0.15) is 0 Å². The number of benzene rings is 4. The predicted molar refractivity (Wildman–Crippen MR) is 185 cm³/mol.